The monoisotopic (exact) mass is 317 g/mol. The molecule has 1 atom stereocenters. The molecule has 0 radical (unpaired) electrons. The molecule has 2 aromatic rings. The molecule has 0 bridgehead atoms. The van der Waals surface area contributed by atoms with E-state index in [1.807, 2.05) is 30.3 Å². The Bertz CT molecular complexity index is 643. The summed E-state index contributed by atoms with van der Waals surface area (Å²) in [4.78, 5) is 21.9. The first-order valence-electron chi connectivity index (χ1n) is 6.68. The summed E-state index contributed by atoms with van der Waals surface area (Å²) in [6.45, 7) is 0. The quantitative estimate of drug-likeness (QED) is 0.651. The smallest absolute Gasteiger partial charge is 0.269 e. The lowest BCUT2D eigenvalue weighted by Gasteiger charge is -2.09. The van der Waals surface area contributed by atoms with Crippen LogP contribution in [0.4, 0.5) is 5.69 Å². The van der Waals surface area contributed by atoms with Crippen LogP contribution < -0.4 is 0 Å². The van der Waals surface area contributed by atoms with Crippen LogP contribution in [-0.4, -0.2) is 15.1 Å². The third-order valence-corrected chi connectivity index (χ3v) is 4.06. The number of hydrogen-bond donors (Lipinski definition) is 1. The predicted octanol–water partition coefficient (Wildman–Crippen LogP) is 3.48. The molecular formula is C16H15NO4S. The number of aliphatic hydroxyl groups is 1. The third-order valence-electron chi connectivity index (χ3n) is 3.09. The molecular weight excluding hydrogens is 302 g/mol. The standard InChI is InChI=1S/C16H15NO4S/c18-15(13-6-8-14(9-7-13)17(20)21)10-16(19)22-11-12-4-2-1-3-5-12/h1-9,15,18H,10-11H2/t15-/m0/s1. The van der Waals surface area contributed by atoms with Gasteiger partial charge >= 0.3 is 0 Å². The summed E-state index contributed by atoms with van der Waals surface area (Å²) in [5.41, 5.74) is 1.51. The van der Waals surface area contributed by atoms with E-state index in [-0.39, 0.29) is 17.2 Å². The molecule has 0 amide bonds. The number of benzene rings is 2. The van der Waals surface area contributed by atoms with Gasteiger partial charge in [-0.2, -0.15) is 0 Å². The summed E-state index contributed by atoms with van der Waals surface area (Å²) >= 11 is 1.15. The van der Waals surface area contributed by atoms with Crippen LogP contribution in [0.15, 0.2) is 54.6 Å². The van der Waals surface area contributed by atoms with Gasteiger partial charge < -0.3 is 5.11 Å². The van der Waals surface area contributed by atoms with E-state index < -0.39 is 11.0 Å². The highest BCUT2D eigenvalue weighted by Crippen LogP contribution is 2.24. The van der Waals surface area contributed by atoms with E-state index in [2.05, 4.69) is 0 Å². The van der Waals surface area contributed by atoms with Crippen molar-refractivity contribution in [2.75, 3.05) is 0 Å². The summed E-state index contributed by atoms with van der Waals surface area (Å²) in [5, 5.41) is 20.5. The van der Waals surface area contributed by atoms with Crippen molar-refractivity contribution < 1.29 is 14.8 Å². The Morgan fingerprint density at radius 3 is 2.36 bits per heavy atom. The van der Waals surface area contributed by atoms with E-state index in [4.69, 9.17) is 0 Å². The third kappa shape index (κ3) is 4.68. The summed E-state index contributed by atoms with van der Waals surface area (Å²) in [7, 11) is 0. The Morgan fingerprint density at radius 1 is 1.14 bits per heavy atom. The number of nitrogens with zero attached hydrogens (tertiary/aromatic N) is 1. The molecule has 5 nitrogen and oxygen atoms in total. The lowest BCUT2D eigenvalue weighted by Crippen LogP contribution is -2.04. The largest absolute Gasteiger partial charge is 0.388 e. The molecule has 0 fully saturated rings. The topological polar surface area (TPSA) is 80.4 Å². The average Bonchev–Trinajstić information content (AvgIpc) is 2.54. The highest BCUT2D eigenvalue weighted by atomic mass is 32.2. The molecule has 0 aliphatic rings. The zero-order chi connectivity index (χ0) is 15.9. The van der Waals surface area contributed by atoms with Crippen molar-refractivity contribution in [2.45, 2.75) is 18.3 Å². The van der Waals surface area contributed by atoms with Crippen molar-refractivity contribution in [1.29, 1.82) is 0 Å². The van der Waals surface area contributed by atoms with E-state index >= 15 is 0 Å². The minimum Gasteiger partial charge on any atom is -0.388 e. The lowest BCUT2D eigenvalue weighted by atomic mass is 10.1. The zero-order valence-corrected chi connectivity index (χ0v) is 12.5. The van der Waals surface area contributed by atoms with Crippen molar-refractivity contribution in [3.63, 3.8) is 0 Å². The Kier molecular flexibility index (Phi) is 5.68. The Balaban J connectivity index is 1.86. The Labute approximate surface area is 132 Å². The fraction of sp³-hybridized carbons (Fsp3) is 0.188. The van der Waals surface area contributed by atoms with Crippen LogP contribution in [-0.2, 0) is 10.5 Å². The lowest BCUT2D eigenvalue weighted by molar-refractivity contribution is -0.384. The second-order valence-corrected chi connectivity index (χ2v) is 5.75. The van der Waals surface area contributed by atoms with Gasteiger partial charge in [0.25, 0.3) is 5.69 Å². The summed E-state index contributed by atoms with van der Waals surface area (Å²) < 4.78 is 0. The molecule has 114 valence electrons. The van der Waals surface area contributed by atoms with Crippen LogP contribution in [0, 0.1) is 10.1 Å². The SMILES string of the molecule is O=C(C[C@H](O)c1ccc([N+](=O)[O-])cc1)SCc1ccccc1. The summed E-state index contributed by atoms with van der Waals surface area (Å²) in [5.74, 6) is 0.562. The van der Waals surface area contributed by atoms with Crippen LogP contribution in [0.3, 0.4) is 0 Å². The van der Waals surface area contributed by atoms with Gasteiger partial charge in [0.15, 0.2) is 5.12 Å². The molecule has 0 heterocycles. The fourth-order valence-electron chi connectivity index (χ4n) is 1.89. The number of thioether (sulfide) groups is 1. The highest BCUT2D eigenvalue weighted by Gasteiger charge is 2.15. The van der Waals surface area contributed by atoms with Crippen molar-refractivity contribution in [3.05, 3.63) is 75.8 Å². The van der Waals surface area contributed by atoms with Crippen LogP contribution in [0.2, 0.25) is 0 Å². The van der Waals surface area contributed by atoms with Crippen LogP contribution in [0.5, 0.6) is 0 Å². The van der Waals surface area contributed by atoms with E-state index in [1.54, 1.807) is 0 Å². The molecule has 0 spiro atoms. The predicted molar refractivity (Wildman–Crippen MR) is 85.4 cm³/mol. The number of nitro benzene ring substituents is 1. The van der Waals surface area contributed by atoms with Crippen molar-refractivity contribution in [2.24, 2.45) is 0 Å². The molecule has 0 unspecified atom stereocenters. The number of carbonyl (C=O) groups excluding carboxylic acids is 1. The molecule has 2 rings (SSSR count). The maximum atomic E-state index is 11.9. The maximum absolute atomic E-state index is 11.9. The second-order valence-electron chi connectivity index (χ2n) is 4.71. The first-order chi connectivity index (χ1) is 10.6. The first-order valence-corrected chi connectivity index (χ1v) is 7.67. The van der Waals surface area contributed by atoms with E-state index in [0.717, 1.165) is 17.3 Å². The summed E-state index contributed by atoms with van der Waals surface area (Å²) in [6.07, 6.45) is -0.966. The van der Waals surface area contributed by atoms with Crippen LogP contribution in [0.25, 0.3) is 0 Å². The van der Waals surface area contributed by atoms with Gasteiger partial charge in [-0.3, -0.25) is 14.9 Å². The van der Waals surface area contributed by atoms with Gasteiger partial charge in [-0.25, -0.2) is 0 Å². The van der Waals surface area contributed by atoms with Crippen LogP contribution >= 0.6 is 11.8 Å². The number of aliphatic hydroxyl groups excluding tert-OH is 1. The van der Waals surface area contributed by atoms with Crippen molar-refractivity contribution in [1.82, 2.24) is 0 Å². The van der Waals surface area contributed by atoms with Gasteiger partial charge in [0.1, 0.15) is 0 Å². The van der Waals surface area contributed by atoms with Gasteiger partial charge in [0, 0.05) is 24.3 Å². The number of hydrogen-bond acceptors (Lipinski definition) is 5. The fourth-order valence-corrected chi connectivity index (χ4v) is 2.69. The van der Waals surface area contributed by atoms with Crippen LogP contribution in [0.1, 0.15) is 23.7 Å². The molecule has 0 saturated carbocycles. The molecule has 22 heavy (non-hydrogen) atoms. The number of non-ortho nitro benzene ring substituents is 1. The van der Waals surface area contributed by atoms with Gasteiger partial charge in [-0.05, 0) is 23.3 Å². The van der Waals surface area contributed by atoms with Crippen molar-refractivity contribution in [3.8, 4) is 0 Å². The number of carbonyl (C=O) groups is 1. The summed E-state index contributed by atoms with van der Waals surface area (Å²) in [6, 6.07) is 15.2. The van der Waals surface area contributed by atoms with Gasteiger partial charge in [0.05, 0.1) is 11.0 Å². The number of nitro groups is 1. The normalized spacial score (nSPS) is 11.9. The zero-order valence-electron chi connectivity index (χ0n) is 11.7. The first kappa shape index (κ1) is 16.2. The molecule has 0 aliphatic carbocycles. The molecule has 0 aromatic heterocycles. The molecule has 1 N–H and O–H groups in total. The molecule has 6 heteroatoms. The Hall–Kier alpha value is -2.18. The van der Waals surface area contributed by atoms with E-state index in [0.29, 0.717) is 11.3 Å². The molecule has 2 aromatic carbocycles. The average molecular weight is 317 g/mol. The minimum absolute atomic E-state index is 0.0185. The van der Waals surface area contributed by atoms with Gasteiger partial charge in [-0.15, -0.1) is 0 Å². The van der Waals surface area contributed by atoms with Gasteiger partial charge in [-0.1, -0.05) is 42.1 Å². The minimum atomic E-state index is -0.948. The molecule has 0 aliphatic heterocycles. The van der Waals surface area contributed by atoms with Crippen molar-refractivity contribution >= 4 is 22.6 Å². The second kappa shape index (κ2) is 7.72. The maximum Gasteiger partial charge on any atom is 0.269 e. The molecule has 0 saturated heterocycles. The number of rotatable bonds is 6. The van der Waals surface area contributed by atoms with Gasteiger partial charge in [0.2, 0.25) is 0 Å². The van der Waals surface area contributed by atoms with E-state index in [9.17, 15) is 20.0 Å². The Morgan fingerprint density at radius 2 is 1.77 bits per heavy atom. The highest BCUT2D eigenvalue weighted by molar-refractivity contribution is 8.12. The van der Waals surface area contributed by atoms with E-state index in [1.165, 1.54) is 24.3 Å².